The van der Waals surface area contributed by atoms with Gasteiger partial charge in [-0.25, -0.2) is 9.37 Å². The van der Waals surface area contributed by atoms with E-state index in [1.807, 2.05) is 31.2 Å². The fourth-order valence-electron chi connectivity index (χ4n) is 4.40. The van der Waals surface area contributed by atoms with Crippen molar-refractivity contribution in [2.75, 3.05) is 5.32 Å². The molecule has 7 nitrogen and oxygen atoms in total. The Kier molecular flexibility index (Phi) is 6.20. The van der Waals surface area contributed by atoms with Crippen molar-refractivity contribution in [3.05, 3.63) is 76.9 Å². The van der Waals surface area contributed by atoms with Crippen molar-refractivity contribution in [3.63, 3.8) is 0 Å². The molecule has 0 unspecified atom stereocenters. The highest BCUT2D eigenvalue weighted by atomic mass is 19.1. The minimum atomic E-state index is -0.251. The summed E-state index contributed by atoms with van der Waals surface area (Å²) in [5.41, 5.74) is 4.90. The number of anilines is 1. The fraction of sp³-hybridized carbons (Fsp3) is 0.308. The number of rotatable bonds is 7. The summed E-state index contributed by atoms with van der Waals surface area (Å²) in [6.07, 6.45) is 6.25. The number of aromatic nitrogens is 4. The fourth-order valence-corrected chi connectivity index (χ4v) is 4.40. The summed E-state index contributed by atoms with van der Waals surface area (Å²) in [5, 5.41) is 11.9. The third-order valence-corrected chi connectivity index (χ3v) is 6.21. The van der Waals surface area contributed by atoms with Gasteiger partial charge in [0.15, 0.2) is 0 Å². The summed E-state index contributed by atoms with van der Waals surface area (Å²) in [6, 6.07) is 12.5. The Bertz CT molecular complexity index is 1350. The van der Waals surface area contributed by atoms with Crippen LogP contribution in [0.5, 0.6) is 0 Å². The van der Waals surface area contributed by atoms with Crippen molar-refractivity contribution in [1.29, 1.82) is 0 Å². The lowest BCUT2D eigenvalue weighted by Crippen LogP contribution is -2.21. The van der Waals surface area contributed by atoms with Crippen LogP contribution in [-0.2, 0) is 30.7 Å². The second-order valence-electron chi connectivity index (χ2n) is 8.52. The molecule has 2 N–H and O–H groups in total. The molecule has 174 valence electrons. The van der Waals surface area contributed by atoms with Crippen LogP contribution in [0.15, 0.2) is 48.7 Å². The number of aryl methyl sites for hydroxylation is 1. The number of nitrogens with one attached hydrogen (secondary N) is 2. The average molecular weight is 459 g/mol. The van der Waals surface area contributed by atoms with Gasteiger partial charge in [-0.05, 0) is 55.0 Å². The summed E-state index contributed by atoms with van der Waals surface area (Å²) in [7, 11) is 0. The average Bonchev–Trinajstić information content (AvgIpc) is 3.30. The monoisotopic (exact) mass is 458 g/mol. The Labute approximate surface area is 197 Å². The lowest BCUT2D eigenvalue weighted by Gasteiger charge is -2.20. The Morgan fingerprint density at radius 3 is 2.79 bits per heavy atom. The predicted molar refractivity (Wildman–Crippen MR) is 129 cm³/mol. The molecule has 0 aliphatic heterocycles. The van der Waals surface area contributed by atoms with Crippen LogP contribution >= 0.6 is 0 Å². The molecule has 2 aromatic carbocycles. The van der Waals surface area contributed by atoms with Gasteiger partial charge in [0.25, 0.3) is 5.95 Å². The molecule has 4 aromatic rings. The number of halogens is 1. The van der Waals surface area contributed by atoms with Crippen LogP contribution in [0.2, 0.25) is 0 Å². The molecule has 0 fully saturated rings. The summed E-state index contributed by atoms with van der Waals surface area (Å²) >= 11 is 0. The van der Waals surface area contributed by atoms with Crippen LogP contribution in [0.3, 0.4) is 0 Å². The topological polar surface area (TPSA) is 84.7 Å². The van der Waals surface area contributed by atoms with Gasteiger partial charge in [-0.3, -0.25) is 4.79 Å². The molecule has 1 aliphatic rings. The molecule has 0 atom stereocenters. The molecular formula is C26H27FN6O. The molecule has 1 aliphatic carbocycles. The van der Waals surface area contributed by atoms with Crippen molar-refractivity contribution in [2.24, 2.45) is 0 Å². The van der Waals surface area contributed by atoms with Crippen LogP contribution < -0.4 is 10.6 Å². The maximum absolute atomic E-state index is 13.6. The lowest BCUT2D eigenvalue weighted by molar-refractivity contribution is -0.120. The molecule has 0 spiro atoms. The van der Waals surface area contributed by atoms with Gasteiger partial charge in [0.05, 0.1) is 17.4 Å². The van der Waals surface area contributed by atoms with Crippen molar-refractivity contribution in [3.8, 4) is 5.95 Å². The number of hydrogen-bond donors (Lipinski definition) is 2. The van der Waals surface area contributed by atoms with Gasteiger partial charge in [-0.2, -0.15) is 14.8 Å². The van der Waals surface area contributed by atoms with Gasteiger partial charge < -0.3 is 10.6 Å². The molecule has 2 aromatic heterocycles. The first-order valence-corrected chi connectivity index (χ1v) is 11.7. The molecule has 0 saturated heterocycles. The van der Waals surface area contributed by atoms with Crippen molar-refractivity contribution in [2.45, 2.75) is 52.1 Å². The number of fused-ring (bicyclic) bond motifs is 2. The molecule has 0 bridgehead atoms. The largest absolute Gasteiger partial charge is 0.366 e. The van der Waals surface area contributed by atoms with E-state index in [1.165, 1.54) is 12.1 Å². The van der Waals surface area contributed by atoms with Crippen LogP contribution in [0.1, 0.15) is 48.6 Å². The van der Waals surface area contributed by atoms with E-state index in [4.69, 9.17) is 9.97 Å². The predicted octanol–water partition coefficient (Wildman–Crippen LogP) is 4.47. The quantitative estimate of drug-likeness (QED) is 0.427. The number of amides is 1. The molecule has 5 rings (SSSR count). The Balaban J connectivity index is 1.50. The van der Waals surface area contributed by atoms with E-state index >= 15 is 0 Å². The van der Waals surface area contributed by atoms with E-state index in [9.17, 15) is 9.18 Å². The zero-order chi connectivity index (χ0) is 23.5. The molecule has 1 amide bonds. The first-order chi connectivity index (χ1) is 16.6. The summed E-state index contributed by atoms with van der Waals surface area (Å²) in [5.74, 6) is 1.04. The van der Waals surface area contributed by atoms with Crippen molar-refractivity contribution >= 4 is 22.6 Å². The van der Waals surface area contributed by atoms with E-state index in [0.29, 0.717) is 25.5 Å². The van der Waals surface area contributed by atoms with E-state index in [0.717, 1.165) is 64.8 Å². The third-order valence-electron chi connectivity index (χ3n) is 6.21. The highest BCUT2D eigenvalue weighted by Gasteiger charge is 2.20. The third kappa shape index (κ3) is 4.48. The van der Waals surface area contributed by atoms with Crippen molar-refractivity contribution < 1.29 is 9.18 Å². The van der Waals surface area contributed by atoms with E-state index in [2.05, 4.69) is 15.7 Å². The second kappa shape index (κ2) is 9.59. The Hall–Kier alpha value is -3.81. The Morgan fingerprint density at radius 1 is 1.09 bits per heavy atom. The molecule has 0 saturated carbocycles. The molecule has 2 heterocycles. The molecule has 8 heteroatoms. The summed E-state index contributed by atoms with van der Waals surface area (Å²) in [4.78, 5) is 21.4. The minimum absolute atomic E-state index is 0.0106. The normalized spacial score (nSPS) is 13.0. The van der Waals surface area contributed by atoms with Crippen LogP contribution in [0.4, 0.5) is 10.2 Å². The van der Waals surface area contributed by atoms with Crippen LogP contribution in [0, 0.1) is 5.82 Å². The van der Waals surface area contributed by atoms with Gasteiger partial charge in [-0.15, -0.1) is 0 Å². The first kappa shape index (κ1) is 22.0. The number of hydrogen-bond acceptors (Lipinski definition) is 5. The zero-order valence-electron chi connectivity index (χ0n) is 19.1. The van der Waals surface area contributed by atoms with Crippen molar-refractivity contribution in [1.82, 2.24) is 25.1 Å². The Morgan fingerprint density at radius 2 is 1.94 bits per heavy atom. The zero-order valence-corrected chi connectivity index (χ0v) is 19.1. The molecular weight excluding hydrogens is 431 g/mol. The number of carbonyl (C=O) groups is 1. The van der Waals surface area contributed by atoms with Gasteiger partial charge in [0, 0.05) is 30.5 Å². The van der Waals surface area contributed by atoms with Gasteiger partial charge in [0.1, 0.15) is 11.6 Å². The van der Waals surface area contributed by atoms with Crippen LogP contribution in [0.25, 0.3) is 16.9 Å². The second-order valence-corrected chi connectivity index (χ2v) is 8.52. The SMILES string of the molecule is CCC(=O)NCc1cccc2c1cnn2-c1nc2c(c(NCc3cccc(F)c3)n1)CCCC2. The van der Waals surface area contributed by atoms with Crippen LogP contribution in [-0.4, -0.2) is 25.7 Å². The molecule has 34 heavy (non-hydrogen) atoms. The number of nitrogens with zero attached hydrogens (tertiary/aromatic N) is 4. The summed E-state index contributed by atoms with van der Waals surface area (Å²) in [6.45, 7) is 2.75. The first-order valence-electron chi connectivity index (χ1n) is 11.7. The smallest absolute Gasteiger partial charge is 0.253 e. The van der Waals surface area contributed by atoms with E-state index in [-0.39, 0.29) is 11.7 Å². The van der Waals surface area contributed by atoms with E-state index < -0.39 is 0 Å². The van der Waals surface area contributed by atoms with Gasteiger partial charge in [0.2, 0.25) is 5.91 Å². The minimum Gasteiger partial charge on any atom is -0.366 e. The highest BCUT2D eigenvalue weighted by molar-refractivity contribution is 5.84. The lowest BCUT2D eigenvalue weighted by atomic mass is 9.96. The number of carbonyl (C=O) groups excluding carboxylic acids is 1. The maximum atomic E-state index is 13.6. The standard InChI is InChI=1S/C26H27FN6O/c1-2-24(34)28-15-18-8-6-12-23-21(18)16-30-33(23)26-31-22-11-4-3-10-20(22)25(32-26)29-14-17-7-5-9-19(27)13-17/h5-9,12-13,16H,2-4,10-11,14-15H2,1H3,(H,28,34)(H,29,31,32). The van der Waals surface area contributed by atoms with Gasteiger partial charge >= 0.3 is 0 Å². The van der Waals surface area contributed by atoms with E-state index in [1.54, 1.807) is 16.9 Å². The van der Waals surface area contributed by atoms with Gasteiger partial charge in [-0.1, -0.05) is 31.2 Å². The highest BCUT2D eigenvalue weighted by Crippen LogP contribution is 2.28. The number of benzene rings is 2. The molecule has 0 radical (unpaired) electrons. The maximum Gasteiger partial charge on any atom is 0.253 e. The summed E-state index contributed by atoms with van der Waals surface area (Å²) < 4.78 is 15.4.